The van der Waals surface area contributed by atoms with Crippen molar-refractivity contribution in [2.75, 3.05) is 25.1 Å². The van der Waals surface area contributed by atoms with E-state index in [9.17, 15) is 14.0 Å². The Morgan fingerprint density at radius 3 is 2.34 bits per heavy atom. The zero-order valence-electron chi connectivity index (χ0n) is 17.7. The maximum absolute atomic E-state index is 12.9. The fraction of sp³-hybridized carbons (Fsp3) is 0.261. The van der Waals surface area contributed by atoms with Crippen LogP contribution in [0.25, 0.3) is 0 Å². The topological polar surface area (TPSA) is 94.5 Å². The van der Waals surface area contributed by atoms with E-state index in [2.05, 4.69) is 15.7 Å². The molecule has 1 aromatic heterocycles. The Labute approximate surface area is 185 Å². The van der Waals surface area contributed by atoms with E-state index in [4.69, 9.17) is 9.47 Å². The van der Waals surface area contributed by atoms with Gasteiger partial charge in [-0.05, 0) is 43.3 Å². The Kier molecular flexibility index (Phi) is 8.19. The molecule has 1 heterocycles. The molecule has 0 saturated carbocycles. The van der Waals surface area contributed by atoms with Gasteiger partial charge in [0.05, 0.1) is 31.5 Å². The Balaban J connectivity index is 1.31. The first-order chi connectivity index (χ1) is 15.5. The van der Waals surface area contributed by atoms with E-state index < -0.39 is 0 Å². The number of carbonyl (C=O) groups excluding carboxylic acids is 2. The lowest BCUT2D eigenvalue weighted by Crippen LogP contribution is -2.31. The van der Waals surface area contributed by atoms with Crippen LogP contribution in [-0.2, 0) is 16.1 Å². The third-order valence-corrected chi connectivity index (χ3v) is 4.35. The standard InChI is InChI=1S/C23H25FN4O4/c1-17-2-6-20(7-3-17)32-13-11-25-23(30)16-28-15-19(14-26-28)27-22(29)10-12-31-21-8-4-18(24)5-9-21/h2-9,14-15H,10-13,16H2,1H3,(H,25,30)(H,27,29). The lowest BCUT2D eigenvalue weighted by Gasteiger charge is -2.08. The predicted molar refractivity (Wildman–Crippen MR) is 117 cm³/mol. The molecular weight excluding hydrogens is 415 g/mol. The summed E-state index contributed by atoms with van der Waals surface area (Å²) in [6, 6.07) is 13.3. The van der Waals surface area contributed by atoms with Crippen molar-refractivity contribution in [3.05, 3.63) is 72.3 Å². The van der Waals surface area contributed by atoms with Gasteiger partial charge in [0.25, 0.3) is 0 Å². The zero-order chi connectivity index (χ0) is 22.8. The minimum Gasteiger partial charge on any atom is -0.493 e. The number of anilines is 1. The molecule has 0 unspecified atom stereocenters. The van der Waals surface area contributed by atoms with Crippen LogP contribution in [-0.4, -0.2) is 41.4 Å². The molecule has 0 bridgehead atoms. The molecular formula is C23H25FN4O4. The van der Waals surface area contributed by atoms with Gasteiger partial charge in [-0.3, -0.25) is 14.3 Å². The van der Waals surface area contributed by atoms with Crippen molar-refractivity contribution >= 4 is 17.5 Å². The summed E-state index contributed by atoms with van der Waals surface area (Å²) in [6.07, 6.45) is 3.15. The second kappa shape index (κ2) is 11.5. The van der Waals surface area contributed by atoms with E-state index in [1.807, 2.05) is 31.2 Å². The minimum atomic E-state index is -0.351. The second-order valence-electron chi connectivity index (χ2n) is 7.04. The first kappa shape index (κ1) is 22.8. The minimum absolute atomic E-state index is 0.0219. The number of hydrogen-bond acceptors (Lipinski definition) is 5. The number of rotatable bonds is 11. The van der Waals surface area contributed by atoms with Gasteiger partial charge in [0, 0.05) is 6.20 Å². The average Bonchev–Trinajstić information content (AvgIpc) is 3.20. The highest BCUT2D eigenvalue weighted by Crippen LogP contribution is 2.12. The fourth-order valence-corrected chi connectivity index (χ4v) is 2.73. The zero-order valence-corrected chi connectivity index (χ0v) is 17.7. The summed E-state index contributed by atoms with van der Waals surface area (Å²) >= 11 is 0. The molecule has 2 N–H and O–H groups in total. The molecule has 168 valence electrons. The third-order valence-electron chi connectivity index (χ3n) is 4.35. The quantitative estimate of drug-likeness (QED) is 0.447. The summed E-state index contributed by atoms with van der Waals surface area (Å²) in [5.41, 5.74) is 1.63. The lowest BCUT2D eigenvalue weighted by atomic mass is 10.2. The van der Waals surface area contributed by atoms with Crippen LogP contribution in [0, 0.1) is 12.7 Å². The summed E-state index contributed by atoms with van der Waals surface area (Å²) in [4.78, 5) is 24.1. The van der Waals surface area contributed by atoms with Crippen molar-refractivity contribution in [3.63, 3.8) is 0 Å². The number of aromatic nitrogens is 2. The maximum atomic E-state index is 12.9. The smallest absolute Gasteiger partial charge is 0.241 e. The number of carbonyl (C=O) groups is 2. The summed E-state index contributed by atoms with van der Waals surface area (Å²) in [5, 5.41) is 9.52. The number of nitrogens with one attached hydrogen (secondary N) is 2. The average molecular weight is 440 g/mol. The molecule has 0 aliphatic rings. The molecule has 8 nitrogen and oxygen atoms in total. The van der Waals surface area contributed by atoms with Gasteiger partial charge < -0.3 is 20.1 Å². The van der Waals surface area contributed by atoms with E-state index in [1.54, 1.807) is 6.20 Å². The van der Waals surface area contributed by atoms with E-state index in [1.165, 1.54) is 35.1 Å². The molecule has 0 spiro atoms. The van der Waals surface area contributed by atoms with Crippen LogP contribution >= 0.6 is 0 Å². The van der Waals surface area contributed by atoms with Gasteiger partial charge in [0.2, 0.25) is 11.8 Å². The third kappa shape index (κ3) is 7.75. The van der Waals surface area contributed by atoms with E-state index in [-0.39, 0.29) is 37.2 Å². The van der Waals surface area contributed by atoms with Gasteiger partial charge in [0.1, 0.15) is 30.5 Å². The van der Waals surface area contributed by atoms with E-state index in [0.29, 0.717) is 24.6 Å². The highest BCUT2D eigenvalue weighted by Gasteiger charge is 2.08. The number of nitrogens with zero attached hydrogens (tertiary/aromatic N) is 2. The number of amides is 2. The number of aryl methyl sites for hydroxylation is 1. The van der Waals surface area contributed by atoms with Gasteiger partial charge in [-0.2, -0.15) is 5.10 Å². The van der Waals surface area contributed by atoms with Crippen molar-refractivity contribution in [2.45, 2.75) is 19.9 Å². The monoisotopic (exact) mass is 440 g/mol. The lowest BCUT2D eigenvalue weighted by molar-refractivity contribution is -0.122. The largest absolute Gasteiger partial charge is 0.493 e. The summed E-state index contributed by atoms with van der Waals surface area (Å²) < 4.78 is 25.2. The van der Waals surface area contributed by atoms with Crippen molar-refractivity contribution < 1.29 is 23.5 Å². The van der Waals surface area contributed by atoms with E-state index in [0.717, 1.165) is 11.3 Å². The molecule has 2 aromatic carbocycles. The molecule has 3 aromatic rings. The van der Waals surface area contributed by atoms with Crippen molar-refractivity contribution in [1.82, 2.24) is 15.1 Å². The highest BCUT2D eigenvalue weighted by atomic mass is 19.1. The van der Waals surface area contributed by atoms with Crippen LogP contribution in [0.1, 0.15) is 12.0 Å². The van der Waals surface area contributed by atoms with Gasteiger partial charge in [-0.15, -0.1) is 0 Å². The van der Waals surface area contributed by atoms with Crippen LogP contribution < -0.4 is 20.1 Å². The molecule has 0 atom stereocenters. The molecule has 0 saturated heterocycles. The molecule has 9 heteroatoms. The molecule has 32 heavy (non-hydrogen) atoms. The first-order valence-corrected chi connectivity index (χ1v) is 10.1. The summed E-state index contributed by atoms with van der Waals surface area (Å²) in [5.74, 6) is 0.412. The summed E-state index contributed by atoms with van der Waals surface area (Å²) in [7, 11) is 0. The van der Waals surface area contributed by atoms with Gasteiger partial charge in [-0.1, -0.05) is 17.7 Å². The highest BCUT2D eigenvalue weighted by molar-refractivity contribution is 5.90. The fourth-order valence-electron chi connectivity index (χ4n) is 2.73. The molecule has 3 rings (SSSR count). The van der Waals surface area contributed by atoms with Crippen molar-refractivity contribution in [2.24, 2.45) is 0 Å². The first-order valence-electron chi connectivity index (χ1n) is 10.1. The van der Waals surface area contributed by atoms with Crippen molar-refractivity contribution in [3.8, 4) is 11.5 Å². The van der Waals surface area contributed by atoms with Gasteiger partial charge in [-0.25, -0.2) is 4.39 Å². The molecule has 0 fully saturated rings. The van der Waals surface area contributed by atoms with Crippen LogP contribution in [0.3, 0.4) is 0 Å². The second-order valence-corrected chi connectivity index (χ2v) is 7.04. The van der Waals surface area contributed by atoms with Crippen LogP contribution in [0.15, 0.2) is 60.9 Å². The number of halogens is 1. The summed E-state index contributed by atoms with van der Waals surface area (Å²) in [6.45, 7) is 2.90. The van der Waals surface area contributed by atoms with Gasteiger partial charge in [0.15, 0.2) is 0 Å². The Hall–Kier alpha value is -3.88. The SMILES string of the molecule is Cc1ccc(OCCNC(=O)Cn2cc(NC(=O)CCOc3ccc(F)cc3)cn2)cc1. The molecule has 2 amide bonds. The van der Waals surface area contributed by atoms with Crippen molar-refractivity contribution in [1.29, 1.82) is 0 Å². The number of hydrogen-bond donors (Lipinski definition) is 2. The number of ether oxygens (including phenoxy) is 2. The molecule has 0 aliphatic carbocycles. The van der Waals surface area contributed by atoms with Crippen LogP contribution in [0.4, 0.5) is 10.1 Å². The Bertz CT molecular complexity index is 1020. The molecule has 0 aliphatic heterocycles. The predicted octanol–water partition coefficient (Wildman–Crippen LogP) is 2.93. The Morgan fingerprint density at radius 1 is 0.969 bits per heavy atom. The van der Waals surface area contributed by atoms with E-state index >= 15 is 0 Å². The Morgan fingerprint density at radius 2 is 1.62 bits per heavy atom. The van der Waals surface area contributed by atoms with Gasteiger partial charge >= 0.3 is 0 Å². The maximum Gasteiger partial charge on any atom is 0.241 e. The van der Waals surface area contributed by atoms with Crippen LogP contribution in [0.2, 0.25) is 0 Å². The molecule has 0 radical (unpaired) electrons. The number of benzene rings is 2. The van der Waals surface area contributed by atoms with Crippen LogP contribution in [0.5, 0.6) is 11.5 Å². The normalized spacial score (nSPS) is 10.4.